The van der Waals surface area contributed by atoms with Gasteiger partial charge in [0.1, 0.15) is 12.4 Å². The van der Waals surface area contributed by atoms with Gasteiger partial charge in [0, 0.05) is 54.4 Å². The SMILES string of the molecule is C[C@]12C=CC(=O)CC1=C(F)C[C@H]1[C@@H]3C[C@H]4CN(Cc5cccnc5)O[C@@]4(C(=O)CO)[C@@]3(C)C[C@H](O)[C@@]12F. The second-order valence-electron chi connectivity index (χ2n) is 11.9. The number of hydrogen-bond acceptors (Lipinski definition) is 7. The number of aliphatic hydroxyl groups is 2. The van der Waals surface area contributed by atoms with Gasteiger partial charge in [0.25, 0.3) is 0 Å². The van der Waals surface area contributed by atoms with Crippen molar-refractivity contribution in [3.05, 3.63) is 53.6 Å². The van der Waals surface area contributed by atoms with E-state index in [1.54, 1.807) is 24.4 Å². The molecule has 4 aliphatic carbocycles. The van der Waals surface area contributed by atoms with E-state index in [0.717, 1.165) is 5.56 Å². The molecule has 3 fully saturated rings. The predicted octanol–water partition coefficient (Wildman–Crippen LogP) is 3.02. The molecule has 198 valence electrons. The molecule has 0 aromatic carbocycles. The Balaban J connectivity index is 1.42. The van der Waals surface area contributed by atoms with E-state index in [1.807, 2.05) is 19.1 Å². The molecule has 6 rings (SSSR count). The molecule has 8 atom stereocenters. The van der Waals surface area contributed by atoms with Gasteiger partial charge in [-0.2, -0.15) is 5.06 Å². The average Bonchev–Trinajstić information content (AvgIpc) is 3.34. The third kappa shape index (κ3) is 3.02. The molecular weight excluding hydrogens is 482 g/mol. The number of Topliss-reactive ketones (excluding diaryl/α,β-unsaturated/α-hetero) is 1. The molecule has 0 amide bonds. The van der Waals surface area contributed by atoms with Crippen LogP contribution in [-0.2, 0) is 21.0 Å². The Morgan fingerprint density at radius 1 is 1.32 bits per heavy atom. The number of nitrogens with zero attached hydrogens (tertiary/aromatic N) is 2. The Bertz CT molecular complexity index is 1220. The Hall–Kier alpha value is -2.33. The maximum atomic E-state index is 17.4. The number of hydrogen-bond donors (Lipinski definition) is 2. The van der Waals surface area contributed by atoms with Gasteiger partial charge < -0.3 is 10.2 Å². The summed E-state index contributed by atoms with van der Waals surface area (Å²) in [6.45, 7) is 3.40. The number of rotatable bonds is 4. The molecule has 1 aliphatic heterocycles. The van der Waals surface area contributed by atoms with Crippen LogP contribution >= 0.6 is 0 Å². The van der Waals surface area contributed by atoms with Crippen LogP contribution in [0.4, 0.5) is 8.78 Å². The van der Waals surface area contributed by atoms with Crippen molar-refractivity contribution >= 4 is 11.6 Å². The molecule has 5 aliphatic rings. The Kier molecular flexibility index (Phi) is 5.46. The lowest BCUT2D eigenvalue weighted by Gasteiger charge is -2.62. The van der Waals surface area contributed by atoms with E-state index in [2.05, 4.69) is 4.98 Å². The maximum Gasteiger partial charge on any atom is 0.192 e. The zero-order chi connectivity index (χ0) is 26.4. The van der Waals surface area contributed by atoms with Crippen molar-refractivity contribution in [3.8, 4) is 0 Å². The van der Waals surface area contributed by atoms with E-state index in [1.165, 1.54) is 12.2 Å². The van der Waals surface area contributed by atoms with Crippen LogP contribution in [0.15, 0.2) is 48.1 Å². The van der Waals surface area contributed by atoms with Crippen molar-refractivity contribution < 1.29 is 33.4 Å². The van der Waals surface area contributed by atoms with Gasteiger partial charge in [0.15, 0.2) is 22.8 Å². The van der Waals surface area contributed by atoms with Crippen LogP contribution in [0.1, 0.15) is 45.1 Å². The number of ketones is 2. The first-order valence-corrected chi connectivity index (χ1v) is 13.0. The highest BCUT2D eigenvalue weighted by molar-refractivity contribution is 5.94. The van der Waals surface area contributed by atoms with Gasteiger partial charge in [-0.3, -0.25) is 19.4 Å². The van der Waals surface area contributed by atoms with Crippen LogP contribution in [0.5, 0.6) is 0 Å². The molecule has 1 aromatic heterocycles. The standard InChI is InChI=1S/C28H32F2N2O5/c1-25-6-5-18(34)9-21(25)22(29)10-20-19-8-17-14-32(13-16-4-3-7-31-12-16)37-28(17,24(36)15-33)26(19,2)11-23(35)27(20,25)30/h3-7,12,17,19-20,23,33,35H,8-11,13-15H2,1-2H3/t17-,19-,20-,23-,25-,26-,27-,28-/m0/s1. The molecule has 1 aromatic rings. The average molecular weight is 515 g/mol. The molecule has 1 saturated heterocycles. The molecule has 9 heteroatoms. The molecule has 37 heavy (non-hydrogen) atoms. The lowest BCUT2D eigenvalue weighted by atomic mass is 9.45. The van der Waals surface area contributed by atoms with Crippen LogP contribution in [0.2, 0.25) is 0 Å². The Morgan fingerprint density at radius 2 is 2.11 bits per heavy atom. The van der Waals surface area contributed by atoms with Crippen LogP contribution < -0.4 is 0 Å². The first-order valence-electron chi connectivity index (χ1n) is 13.0. The molecule has 2 heterocycles. The predicted molar refractivity (Wildman–Crippen MR) is 128 cm³/mol. The summed E-state index contributed by atoms with van der Waals surface area (Å²) >= 11 is 0. The van der Waals surface area contributed by atoms with Crippen molar-refractivity contribution in [3.63, 3.8) is 0 Å². The highest BCUT2D eigenvalue weighted by Gasteiger charge is 2.79. The number of carbonyl (C=O) groups is 2. The first-order chi connectivity index (χ1) is 17.5. The first kappa shape index (κ1) is 25.0. The zero-order valence-corrected chi connectivity index (χ0v) is 21.0. The molecule has 0 unspecified atom stereocenters. The van der Waals surface area contributed by atoms with Gasteiger partial charge >= 0.3 is 0 Å². The lowest BCUT2D eigenvalue weighted by molar-refractivity contribution is -0.267. The van der Waals surface area contributed by atoms with E-state index in [-0.39, 0.29) is 36.5 Å². The summed E-state index contributed by atoms with van der Waals surface area (Å²) < 4.78 is 33.0. The fourth-order valence-electron chi connectivity index (χ4n) is 8.70. The quantitative estimate of drug-likeness (QED) is 0.637. The number of allylic oxidation sites excluding steroid dienone is 4. The minimum absolute atomic E-state index is 0.0834. The van der Waals surface area contributed by atoms with E-state index in [4.69, 9.17) is 4.84 Å². The van der Waals surface area contributed by atoms with Crippen molar-refractivity contribution in [2.24, 2.45) is 28.6 Å². The van der Waals surface area contributed by atoms with E-state index in [0.29, 0.717) is 19.5 Å². The minimum atomic E-state index is -2.21. The summed E-state index contributed by atoms with van der Waals surface area (Å²) in [6.07, 6.45) is 4.44. The smallest absolute Gasteiger partial charge is 0.192 e. The molecular formula is C28H32F2N2O5. The summed E-state index contributed by atoms with van der Waals surface area (Å²) in [6, 6.07) is 3.71. The number of fused-ring (bicyclic) bond motifs is 7. The van der Waals surface area contributed by atoms with Crippen molar-refractivity contribution in [1.29, 1.82) is 0 Å². The van der Waals surface area contributed by atoms with Crippen molar-refractivity contribution in [1.82, 2.24) is 10.0 Å². The van der Waals surface area contributed by atoms with E-state index >= 15 is 8.78 Å². The van der Waals surface area contributed by atoms with E-state index in [9.17, 15) is 19.8 Å². The number of aromatic nitrogens is 1. The monoisotopic (exact) mass is 514 g/mol. The maximum absolute atomic E-state index is 17.4. The number of hydroxylamine groups is 2. The third-order valence-electron chi connectivity index (χ3n) is 10.3. The van der Waals surface area contributed by atoms with Crippen molar-refractivity contribution in [2.75, 3.05) is 13.2 Å². The van der Waals surface area contributed by atoms with Gasteiger partial charge in [0.2, 0.25) is 0 Å². The molecule has 0 spiro atoms. The van der Waals surface area contributed by atoms with Crippen LogP contribution in [0.3, 0.4) is 0 Å². The molecule has 2 saturated carbocycles. The van der Waals surface area contributed by atoms with Gasteiger partial charge in [0.05, 0.1) is 12.6 Å². The van der Waals surface area contributed by atoms with Gasteiger partial charge in [-0.25, -0.2) is 8.78 Å². The number of carbonyl (C=O) groups excluding carboxylic acids is 2. The second kappa shape index (κ2) is 8.09. The second-order valence-corrected chi connectivity index (χ2v) is 11.9. The lowest BCUT2D eigenvalue weighted by Crippen LogP contribution is -2.69. The van der Waals surface area contributed by atoms with Crippen LogP contribution in [0, 0.1) is 28.6 Å². The summed E-state index contributed by atoms with van der Waals surface area (Å²) in [5, 5.41) is 23.2. The topological polar surface area (TPSA) is 100.0 Å². The normalized spacial score (nSPS) is 44.9. The fraction of sp³-hybridized carbons (Fsp3) is 0.607. The highest BCUT2D eigenvalue weighted by Crippen LogP contribution is 2.72. The summed E-state index contributed by atoms with van der Waals surface area (Å²) in [5.41, 5.74) is -5.18. The molecule has 2 N–H and O–H groups in total. The zero-order valence-electron chi connectivity index (χ0n) is 21.0. The minimum Gasteiger partial charge on any atom is -0.390 e. The molecule has 7 nitrogen and oxygen atoms in total. The number of halogens is 2. The van der Waals surface area contributed by atoms with Crippen molar-refractivity contribution in [2.45, 2.75) is 63.4 Å². The van der Waals surface area contributed by atoms with Crippen LogP contribution in [0.25, 0.3) is 0 Å². The number of aliphatic hydroxyl groups excluding tert-OH is 2. The van der Waals surface area contributed by atoms with Gasteiger partial charge in [-0.15, -0.1) is 0 Å². The highest BCUT2D eigenvalue weighted by atomic mass is 19.1. The summed E-state index contributed by atoms with van der Waals surface area (Å²) in [4.78, 5) is 36.1. The Morgan fingerprint density at radius 3 is 2.81 bits per heavy atom. The third-order valence-corrected chi connectivity index (χ3v) is 10.3. The van der Waals surface area contributed by atoms with Gasteiger partial charge in [-0.1, -0.05) is 19.1 Å². The summed E-state index contributed by atoms with van der Waals surface area (Å²) in [5.74, 6) is -3.05. The molecule has 0 radical (unpaired) electrons. The number of pyridine rings is 1. The van der Waals surface area contributed by atoms with Crippen LogP contribution in [-0.4, -0.2) is 62.4 Å². The summed E-state index contributed by atoms with van der Waals surface area (Å²) in [7, 11) is 0. The Labute approximate surface area is 214 Å². The largest absolute Gasteiger partial charge is 0.390 e. The molecule has 0 bridgehead atoms. The van der Waals surface area contributed by atoms with Gasteiger partial charge in [-0.05, 0) is 49.0 Å². The number of alkyl halides is 1. The fourth-order valence-corrected chi connectivity index (χ4v) is 8.70. The van der Waals surface area contributed by atoms with E-state index < -0.39 is 58.3 Å².